The molecule has 0 aliphatic carbocycles. The summed E-state index contributed by atoms with van der Waals surface area (Å²) in [5.41, 5.74) is 0. The second-order valence-electron chi connectivity index (χ2n) is 5.54. The summed E-state index contributed by atoms with van der Waals surface area (Å²) in [5.74, 6) is -0.742. The molecular formula is C15H22ClIO4. The molecule has 0 bridgehead atoms. The first kappa shape index (κ1) is 19.1. The Morgan fingerprint density at radius 2 is 2.29 bits per heavy atom. The van der Waals surface area contributed by atoms with Crippen molar-refractivity contribution in [2.75, 3.05) is 6.61 Å². The molecule has 4 nitrogen and oxygen atoms in total. The number of carbonyl (C=O) groups is 1. The van der Waals surface area contributed by atoms with Gasteiger partial charge in [-0.25, -0.2) is 0 Å². The van der Waals surface area contributed by atoms with Crippen molar-refractivity contribution in [1.29, 1.82) is 0 Å². The normalized spacial score (nSPS) is 24.1. The lowest BCUT2D eigenvalue weighted by Crippen LogP contribution is -2.29. The molecule has 2 unspecified atom stereocenters. The van der Waals surface area contributed by atoms with Crippen LogP contribution in [0, 0.1) is 0 Å². The van der Waals surface area contributed by atoms with E-state index in [-0.39, 0.29) is 11.2 Å². The van der Waals surface area contributed by atoms with Crippen LogP contribution in [0.25, 0.3) is 0 Å². The second kappa shape index (κ2) is 8.62. The number of aliphatic hydroxyl groups is 1. The van der Waals surface area contributed by atoms with Gasteiger partial charge in [0.25, 0.3) is 0 Å². The summed E-state index contributed by atoms with van der Waals surface area (Å²) in [4.78, 5) is 11.7. The molecule has 1 fully saturated rings. The molecule has 3 atom stereocenters. The third-order valence-corrected chi connectivity index (χ3v) is 3.85. The molecule has 1 rings (SSSR count). The molecular weight excluding hydrogens is 407 g/mol. The first-order chi connectivity index (χ1) is 9.69. The molecule has 0 spiro atoms. The van der Waals surface area contributed by atoms with Crippen molar-refractivity contribution < 1.29 is 19.4 Å². The van der Waals surface area contributed by atoms with Crippen LogP contribution in [0.2, 0.25) is 0 Å². The Hall–Kier alpha value is 0.0500. The van der Waals surface area contributed by atoms with Gasteiger partial charge in [0.1, 0.15) is 12.2 Å². The molecule has 1 aliphatic rings. The van der Waals surface area contributed by atoms with E-state index in [0.29, 0.717) is 25.9 Å². The second-order valence-corrected chi connectivity index (χ2v) is 7.68. The van der Waals surface area contributed by atoms with Gasteiger partial charge in [0.15, 0.2) is 11.6 Å². The highest BCUT2D eigenvalue weighted by atomic mass is 127. The van der Waals surface area contributed by atoms with Crippen molar-refractivity contribution in [2.24, 2.45) is 0 Å². The van der Waals surface area contributed by atoms with Gasteiger partial charge in [0.2, 0.25) is 0 Å². The van der Waals surface area contributed by atoms with Crippen LogP contribution in [0.1, 0.15) is 33.1 Å². The highest BCUT2D eigenvalue weighted by Crippen LogP contribution is 2.24. The fourth-order valence-corrected chi connectivity index (χ4v) is 3.03. The summed E-state index contributed by atoms with van der Waals surface area (Å²) >= 11 is 8.22. The number of halogens is 2. The zero-order chi connectivity index (χ0) is 16.0. The molecule has 1 N–H and O–H groups in total. The zero-order valence-corrected chi connectivity index (χ0v) is 15.3. The predicted molar refractivity (Wildman–Crippen MR) is 91.7 cm³/mol. The first-order valence-corrected chi connectivity index (χ1v) is 8.39. The lowest BCUT2D eigenvalue weighted by atomic mass is 10.1. The SMILES string of the molecule is C=C(I)CC(Cl)CCC(=O)/C=C/C(O)[C@H]1COC(C)(C)O1. The van der Waals surface area contributed by atoms with Crippen LogP contribution in [0.5, 0.6) is 0 Å². The summed E-state index contributed by atoms with van der Waals surface area (Å²) in [7, 11) is 0. The highest BCUT2D eigenvalue weighted by Gasteiger charge is 2.35. The Labute approximate surface area is 144 Å². The molecule has 0 radical (unpaired) electrons. The van der Waals surface area contributed by atoms with E-state index in [1.165, 1.54) is 12.2 Å². The number of alkyl halides is 1. The van der Waals surface area contributed by atoms with E-state index in [0.717, 1.165) is 3.58 Å². The van der Waals surface area contributed by atoms with Crippen LogP contribution in [-0.4, -0.2) is 40.9 Å². The zero-order valence-electron chi connectivity index (χ0n) is 12.4. The van der Waals surface area contributed by atoms with E-state index in [2.05, 4.69) is 29.2 Å². The molecule has 0 amide bonds. The minimum atomic E-state index is -0.850. The van der Waals surface area contributed by atoms with Gasteiger partial charge in [-0.3, -0.25) is 4.79 Å². The lowest BCUT2D eigenvalue weighted by molar-refractivity contribution is -0.147. The minimum Gasteiger partial charge on any atom is -0.386 e. The maximum atomic E-state index is 11.7. The molecule has 0 aromatic rings. The third-order valence-electron chi connectivity index (χ3n) is 3.04. The van der Waals surface area contributed by atoms with Crippen LogP contribution in [0.3, 0.4) is 0 Å². The molecule has 1 aliphatic heterocycles. The standard InChI is InChI=1S/C15H22ClIO4/c1-10(17)8-11(16)4-5-12(18)6-7-13(19)14-9-20-15(2,3)21-14/h6-7,11,13-14,19H,1,4-5,8-9H2,2-3H3/b7-6+/t11?,13?,14-/m1/s1. The van der Waals surface area contributed by atoms with Gasteiger partial charge in [0, 0.05) is 11.8 Å². The van der Waals surface area contributed by atoms with Crippen molar-refractivity contribution in [3.8, 4) is 0 Å². The Bertz CT molecular complexity index is 408. The smallest absolute Gasteiger partial charge is 0.163 e. The third kappa shape index (κ3) is 7.74. The summed E-state index contributed by atoms with van der Waals surface area (Å²) in [5, 5.41) is 9.86. The number of ether oxygens (including phenoxy) is 2. The Kier molecular flexibility index (Phi) is 7.84. The molecule has 0 aromatic heterocycles. The van der Waals surface area contributed by atoms with Crippen LogP contribution in [-0.2, 0) is 14.3 Å². The summed E-state index contributed by atoms with van der Waals surface area (Å²) in [6.45, 7) is 7.67. The van der Waals surface area contributed by atoms with Crippen molar-refractivity contribution in [3.05, 3.63) is 22.3 Å². The number of carbonyl (C=O) groups excluding carboxylic acids is 1. The van der Waals surface area contributed by atoms with Crippen molar-refractivity contribution in [2.45, 2.75) is 56.5 Å². The molecule has 6 heteroatoms. The predicted octanol–water partition coefficient (Wildman–Crippen LogP) is 3.35. The number of hydrogen-bond donors (Lipinski definition) is 1. The minimum absolute atomic E-state index is 0.0584. The van der Waals surface area contributed by atoms with E-state index in [9.17, 15) is 9.90 Å². The van der Waals surface area contributed by atoms with Crippen molar-refractivity contribution >= 4 is 40.0 Å². The molecule has 21 heavy (non-hydrogen) atoms. The fourth-order valence-electron chi connectivity index (χ4n) is 1.94. The van der Waals surface area contributed by atoms with Crippen molar-refractivity contribution in [3.63, 3.8) is 0 Å². The number of hydrogen-bond acceptors (Lipinski definition) is 4. The first-order valence-electron chi connectivity index (χ1n) is 6.88. The van der Waals surface area contributed by atoms with Gasteiger partial charge in [0.05, 0.1) is 6.61 Å². The quantitative estimate of drug-likeness (QED) is 0.366. The van der Waals surface area contributed by atoms with Gasteiger partial charge >= 0.3 is 0 Å². The monoisotopic (exact) mass is 428 g/mol. The fraction of sp³-hybridized carbons (Fsp3) is 0.667. The summed E-state index contributed by atoms with van der Waals surface area (Å²) in [6, 6.07) is 0. The molecule has 0 aromatic carbocycles. The van der Waals surface area contributed by atoms with Crippen LogP contribution < -0.4 is 0 Å². The van der Waals surface area contributed by atoms with Gasteiger partial charge < -0.3 is 14.6 Å². The molecule has 120 valence electrons. The number of ketones is 1. The van der Waals surface area contributed by atoms with Gasteiger partial charge in [-0.1, -0.05) is 6.58 Å². The molecule has 1 saturated heterocycles. The van der Waals surface area contributed by atoms with E-state index in [4.69, 9.17) is 21.1 Å². The van der Waals surface area contributed by atoms with Crippen LogP contribution in [0.4, 0.5) is 0 Å². The topological polar surface area (TPSA) is 55.8 Å². The maximum absolute atomic E-state index is 11.7. The van der Waals surface area contributed by atoms with Gasteiger partial charge in [-0.2, -0.15) is 0 Å². The Balaban J connectivity index is 2.32. The molecule has 1 heterocycles. The van der Waals surface area contributed by atoms with Gasteiger partial charge in [-0.05, 0) is 65.0 Å². The van der Waals surface area contributed by atoms with E-state index < -0.39 is 18.0 Å². The maximum Gasteiger partial charge on any atom is 0.163 e. The van der Waals surface area contributed by atoms with Crippen LogP contribution in [0.15, 0.2) is 22.3 Å². The average molecular weight is 429 g/mol. The van der Waals surface area contributed by atoms with E-state index >= 15 is 0 Å². The average Bonchev–Trinajstić information content (AvgIpc) is 2.73. The van der Waals surface area contributed by atoms with E-state index in [1.807, 2.05) is 0 Å². The molecule has 0 saturated carbocycles. The number of rotatable bonds is 8. The Morgan fingerprint density at radius 3 is 2.81 bits per heavy atom. The Morgan fingerprint density at radius 1 is 1.62 bits per heavy atom. The highest BCUT2D eigenvalue weighted by molar-refractivity contribution is 14.1. The number of allylic oxidation sites excluding steroid dienone is 2. The summed E-state index contributed by atoms with van der Waals surface area (Å²) < 4.78 is 11.9. The van der Waals surface area contributed by atoms with Crippen molar-refractivity contribution in [1.82, 2.24) is 0 Å². The lowest BCUT2D eigenvalue weighted by Gasteiger charge is -2.18. The largest absolute Gasteiger partial charge is 0.386 e. The van der Waals surface area contributed by atoms with Gasteiger partial charge in [-0.15, -0.1) is 11.6 Å². The number of aliphatic hydroxyl groups excluding tert-OH is 1. The summed E-state index contributed by atoms with van der Waals surface area (Å²) in [6.07, 6.45) is 3.21. The van der Waals surface area contributed by atoms with Crippen LogP contribution >= 0.6 is 34.2 Å². The van der Waals surface area contributed by atoms with E-state index in [1.54, 1.807) is 13.8 Å².